The first-order valence-electron chi connectivity index (χ1n) is 11.9. The van der Waals surface area contributed by atoms with Crippen molar-refractivity contribution in [3.8, 4) is 5.75 Å². The van der Waals surface area contributed by atoms with Crippen molar-refractivity contribution >= 4 is 11.9 Å². The maximum Gasteiger partial charge on any atom is 0.335 e. The zero-order chi connectivity index (χ0) is 26.9. The number of phenols is 1. The smallest absolute Gasteiger partial charge is 0.335 e. The number of hydrogen-bond acceptors (Lipinski definition) is 5. The number of phenolic OH excluding ortho intramolecular Hbond substituents is 1. The van der Waals surface area contributed by atoms with Crippen molar-refractivity contribution in [3.05, 3.63) is 65.2 Å². The van der Waals surface area contributed by atoms with Gasteiger partial charge in [-0.2, -0.15) is 0 Å². The highest BCUT2D eigenvalue weighted by Crippen LogP contribution is 2.43. The molecule has 2 unspecified atom stereocenters. The number of aliphatic carboxylic acids is 2. The first kappa shape index (κ1) is 30.1. The van der Waals surface area contributed by atoms with Gasteiger partial charge in [0.1, 0.15) is 5.75 Å². The zero-order valence-corrected chi connectivity index (χ0v) is 21.5. The van der Waals surface area contributed by atoms with Crippen LogP contribution >= 0.6 is 0 Å². The van der Waals surface area contributed by atoms with Crippen LogP contribution < -0.4 is 0 Å². The molecule has 0 radical (unpaired) electrons. The average Bonchev–Trinajstić information content (AvgIpc) is 2.79. The van der Waals surface area contributed by atoms with Gasteiger partial charge in [-0.3, -0.25) is 0 Å². The number of carboxylic acid groups (broad SMARTS) is 2. The minimum atomic E-state index is -2.27. The summed E-state index contributed by atoms with van der Waals surface area (Å²) in [6.45, 7) is 13.7. The third-order valence-corrected chi connectivity index (χ3v) is 6.65. The molecule has 0 aliphatic rings. The molecule has 35 heavy (non-hydrogen) atoms. The fourth-order valence-corrected chi connectivity index (χ4v) is 4.49. The largest absolute Gasteiger partial charge is 0.508 e. The normalized spacial score (nSPS) is 14.7. The van der Waals surface area contributed by atoms with Crippen LogP contribution in [0.5, 0.6) is 5.75 Å². The van der Waals surface area contributed by atoms with Gasteiger partial charge in [-0.05, 0) is 49.1 Å². The number of hydrogen-bond donors (Lipinski definition) is 5. The number of aromatic hydroxyl groups is 1. The Morgan fingerprint density at radius 2 is 1.34 bits per heavy atom. The summed E-state index contributed by atoms with van der Waals surface area (Å²) in [6.07, 6.45) is -2.33. The lowest BCUT2D eigenvalue weighted by atomic mass is 9.69. The van der Waals surface area contributed by atoms with Crippen molar-refractivity contribution in [2.45, 2.75) is 72.0 Å². The quantitative estimate of drug-likeness (QED) is 0.330. The molecule has 7 heteroatoms. The van der Waals surface area contributed by atoms with E-state index < -0.39 is 24.1 Å². The summed E-state index contributed by atoms with van der Waals surface area (Å²) >= 11 is 0. The molecule has 0 spiro atoms. The van der Waals surface area contributed by atoms with Crippen molar-refractivity contribution in [2.75, 3.05) is 0 Å². The number of aliphatic hydroxyl groups excluding tert-OH is 2. The number of carbonyl (C=O) groups is 2. The van der Waals surface area contributed by atoms with E-state index in [2.05, 4.69) is 77.9 Å². The standard InChI is InChI=1S/C24H34O.C4H6O6/c1-17(2)21(18(3)4)14-15-24(6,20-10-8-7-9-11-20)22-16-19(5)12-13-23(22)25;5-1(3(7)8)2(6)4(9)10/h7-13,16-18,21,25H,14-15H2,1-6H3;1-2,5-6H,(H,7,8)(H,9,10)/t24-;/m1./s1. The molecule has 2 aromatic rings. The third-order valence-electron chi connectivity index (χ3n) is 6.65. The van der Waals surface area contributed by atoms with Crippen molar-refractivity contribution < 1.29 is 35.1 Å². The number of aliphatic hydroxyl groups is 2. The van der Waals surface area contributed by atoms with Crippen LogP contribution in [0.2, 0.25) is 0 Å². The van der Waals surface area contributed by atoms with Crippen LogP contribution in [0.25, 0.3) is 0 Å². The molecule has 5 N–H and O–H groups in total. The number of benzene rings is 2. The molecule has 2 aromatic carbocycles. The van der Waals surface area contributed by atoms with Crippen LogP contribution in [0.4, 0.5) is 0 Å². The van der Waals surface area contributed by atoms with Gasteiger partial charge >= 0.3 is 11.9 Å². The van der Waals surface area contributed by atoms with Crippen molar-refractivity contribution in [3.63, 3.8) is 0 Å². The first-order chi connectivity index (χ1) is 16.2. The Balaban J connectivity index is 0.000000518. The summed E-state index contributed by atoms with van der Waals surface area (Å²) in [4.78, 5) is 19.5. The molecule has 0 heterocycles. The van der Waals surface area contributed by atoms with Gasteiger partial charge in [0.15, 0.2) is 12.2 Å². The van der Waals surface area contributed by atoms with E-state index in [1.807, 2.05) is 12.1 Å². The van der Waals surface area contributed by atoms with Crippen molar-refractivity contribution in [1.82, 2.24) is 0 Å². The lowest BCUT2D eigenvalue weighted by Crippen LogP contribution is -2.39. The van der Waals surface area contributed by atoms with E-state index in [1.165, 1.54) is 11.1 Å². The highest BCUT2D eigenvalue weighted by atomic mass is 16.4. The monoisotopic (exact) mass is 488 g/mol. The molecule has 0 bridgehead atoms. The Morgan fingerprint density at radius 1 is 0.857 bits per heavy atom. The number of aryl methyl sites for hydroxylation is 1. The van der Waals surface area contributed by atoms with E-state index in [-0.39, 0.29) is 5.41 Å². The van der Waals surface area contributed by atoms with E-state index in [0.717, 1.165) is 18.4 Å². The van der Waals surface area contributed by atoms with Crippen LogP contribution in [-0.2, 0) is 15.0 Å². The van der Waals surface area contributed by atoms with Crippen LogP contribution in [0.15, 0.2) is 48.5 Å². The number of carboxylic acids is 2. The molecule has 3 atom stereocenters. The van der Waals surface area contributed by atoms with Gasteiger partial charge in [-0.15, -0.1) is 0 Å². The molecule has 194 valence electrons. The van der Waals surface area contributed by atoms with Gasteiger partial charge in [0, 0.05) is 11.0 Å². The summed E-state index contributed by atoms with van der Waals surface area (Å²) in [5.74, 6) is -1.10. The van der Waals surface area contributed by atoms with Crippen LogP contribution in [0.1, 0.15) is 64.2 Å². The lowest BCUT2D eigenvalue weighted by Gasteiger charge is -2.35. The molecule has 0 amide bonds. The second-order valence-corrected chi connectivity index (χ2v) is 9.98. The van der Waals surface area contributed by atoms with Crippen LogP contribution in [0.3, 0.4) is 0 Å². The predicted molar refractivity (Wildman–Crippen MR) is 135 cm³/mol. The second kappa shape index (κ2) is 13.3. The van der Waals surface area contributed by atoms with Gasteiger partial charge in [0.05, 0.1) is 0 Å². The Morgan fingerprint density at radius 3 is 1.77 bits per heavy atom. The Kier molecular flexibility index (Phi) is 11.4. The molecule has 0 aliphatic carbocycles. The minimum absolute atomic E-state index is 0.181. The fraction of sp³-hybridized carbons (Fsp3) is 0.500. The van der Waals surface area contributed by atoms with Gasteiger partial charge in [-0.1, -0.05) is 82.6 Å². The lowest BCUT2D eigenvalue weighted by molar-refractivity contribution is -0.165. The fourth-order valence-electron chi connectivity index (χ4n) is 4.49. The van der Waals surface area contributed by atoms with Crippen molar-refractivity contribution in [1.29, 1.82) is 0 Å². The summed E-state index contributed by atoms with van der Waals surface area (Å²) in [6, 6.07) is 16.6. The van der Waals surface area contributed by atoms with Gasteiger partial charge in [-0.25, -0.2) is 9.59 Å². The van der Waals surface area contributed by atoms with E-state index in [0.29, 0.717) is 23.5 Å². The van der Waals surface area contributed by atoms with E-state index in [9.17, 15) is 14.7 Å². The predicted octanol–water partition coefficient (Wildman–Crippen LogP) is 4.59. The molecular weight excluding hydrogens is 448 g/mol. The van der Waals surface area contributed by atoms with Gasteiger partial charge < -0.3 is 25.5 Å². The van der Waals surface area contributed by atoms with Crippen LogP contribution in [0, 0.1) is 24.7 Å². The van der Waals surface area contributed by atoms with E-state index in [1.54, 1.807) is 0 Å². The molecular formula is C28H40O7. The average molecular weight is 489 g/mol. The maximum atomic E-state index is 10.6. The van der Waals surface area contributed by atoms with E-state index in [4.69, 9.17) is 20.4 Å². The van der Waals surface area contributed by atoms with Gasteiger partial charge in [0.2, 0.25) is 0 Å². The molecule has 7 nitrogen and oxygen atoms in total. The highest BCUT2D eigenvalue weighted by molar-refractivity contribution is 5.83. The molecule has 0 aliphatic heterocycles. The minimum Gasteiger partial charge on any atom is -0.508 e. The van der Waals surface area contributed by atoms with Crippen LogP contribution in [-0.4, -0.2) is 49.7 Å². The number of rotatable bonds is 10. The molecule has 0 fully saturated rings. The molecule has 0 aromatic heterocycles. The Hall–Kier alpha value is -2.90. The summed E-state index contributed by atoms with van der Waals surface area (Å²) < 4.78 is 0. The molecule has 0 saturated carbocycles. The Labute approximate surface area is 208 Å². The maximum absolute atomic E-state index is 10.6. The first-order valence-corrected chi connectivity index (χ1v) is 11.9. The van der Waals surface area contributed by atoms with E-state index >= 15 is 0 Å². The molecule has 2 rings (SSSR count). The summed E-state index contributed by atoms with van der Waals surface area (Å²) in [7, 11) is 0. The second-order valence-electron chi connectivity index (χ2n) is 9.98. The van der Waals surface area contributed by atoms with Gasteiger partial charge in [0.25, 0.3) is 0 Å². The Bertz CT molecular complexity index is 929. The third kappa shape index (κ3) is 8.37. The van der Waals surface area contributed by atoms with Crippen molar-refractivity contribution in [2.24, 2.45) is 17.8 Å². The summed E-state index contributed by atoms with van der Waals surface area (Å²) in [5, 5.41) is 43.1. The summed E-state index contributed by atoms with van der Waals surface area (Å²) in [5.41, 5.74) is 3.34. The topological polar surface area (TPSA) is 135 Å². The zero-order valence-electron chi connectivity index (χ0n) is 21.5. The molecule has 0 saturated heterocycles. The SMILES string of the molecule is Cc1ccc(O)c([C@](C)(CCC(C(C)C)C(C)C)c2ccccc2)c1.O=C(O)C(O)C(O)C(=O)O. The highest BCUT2D eigenvalue weighted by Gasteiger charge is 2.33.